The van der Waals surface area contributed by atoms with E-state index in [9.17, 15) is 18.0 Å². The lowest BCUT2D eigenvalue weighted by Gasteiger charge is -2.27. The van der Waals surface area contributed by atoms with Crippen LogP contribution in [0, 0.1) is 0 Å². The van der Waals surface area contributed by atoms with E-state index in [4.69, 9.17) is 0 Å². The molecular formula is C16H19F3N3OS+. The van der Waals surface area contributed by atoms with Crippen LogP contribution in [0.3, 0.4) is 0 Å². The zero-order valence-corrected chi connectivity index (χ0v) is 13.8. The highest BCUT2D eigenvalue weighted by molar-refractivity contribution is 7.18. The lowest BCUT2D eigenvalue weighted by atomic mass is 9.97. The van der Waals surface area contributed by atoms with Crippen molar-refractivity contribution in [3.05, 3.63) is 29.3 Å². The van der Waals surface area contributed by atoms with Crippen molar-refractivity contribution >= 4 is 27.5 Å². The third-order valence-electron chi connectivity index (χ3n) is 4.25. The monoisotopic (exact) mass is 358 g/mol. The summed E-state index contributed by atoms with van der Waals surface area (Å²) in [6, 6.07) is 8.03. The molecule has 8 heteroatoms. The van der Waals surface area contributed by atoms with Gasteiger partial charge < -0.3 is 10.2 Å². The maximum atomic E-state index is 12.1. The molecule has 3 rings (SSSR count). The summed E-state index contributed by atoms with van der Waals surface area (Å²) in [4.78, 5) is 17.3. The number of likely N-dealkylation sites (tertiary alicyclic amines) is 1. The number of rotatable bonds is 4. The fourth-order valence-corrected chi connectivity index (χ4v) is 4.14. The zero-order valence-electron chi connectivity index (χ0n) is 13.0. The molecule has 1 amide bonds. The molecule has 1 fully saturated rings. The number of hydrogen-bond donors (Lipinski definition) is 2. The number of piperidine rings is 1. The molecule has 0 bridgehead atoms. The fourth-order valence-electron chi connectivity index (χ4n) is 3.00. The van der Waals surface area contributed by atoms with E-state index in [0.29, 0.717) is 5.92 Å². The number of nitrogens with zero attached hydrogens (tertiary/aromatic N) is 1. The Hall–Kier alpha value is -1.67. The van der Waals surface area contributed by atoms with E-state index in [1.165, 1.54) is 4.70 Å². The van der Waals surface area contributed by atoms with Crippen LogP contribution in [0.5, 0.6) is 0 Å². The van der Waals surface area contributed by atoms with E-state index in [1.54, 1.807) is 11.3 Å². The maximum Gasteiger partial charge on any atom is 0.405 e. The van der Waals surface area contributed by atoms with Crippen LogP contribution < -0.4 is 10.2 Å². The highest BCUT2D eigenvalue weighted by Gasteiger charge is 2.30. The zero-order chi connectivity index (χ0) is 17.2. The summed E-state index contributed by atoms with van der Waals surface area (Å²) in [6.07, 6.45) is -2.55. The minimum atomic E-state index is -4.36. The molecule has 24 heavy (non-hydrogen) atoms. The van der Waals surface area contributed by atoms with Crippen LogP contribution >= 0.6 is 11.3 Å². The molecule has 0 radical (unpaired) electrons. The molecule has 2 heterocycles. The fraction of sp³-hybridized carbons (Fsp3) is 0.500. The molecule has 1 aliphatic rings. The van der Waals surface area contributed by atoms with E-state index in [1.807, 2.05) is 23.5 Å². The van der Waals surface area contributed by atoms with Crippen molar-refractivity contribution in [1.82, 2.24) is 10.3 Å². The van der Waals surface area contributed by atoms with Crippen LogP contribution in [0.15, 0.2) is 24.3 Å². The van der Waals surface area contributed by atoms with Crippen molar-refractivity contribution in [1.29, 1.82) is 0 Å². The second-order valence-corrected chi connectivity index (χ2v) is 7.18. The molecule has 0 saturated carbocycles. The lowest BCUT2D eigenvalue weighted by molar-refractivity contribution is -0.897. The van der Waals surface area contributed by atoms with Gasteiger partial charge in [-0.3, -0.25) is 4.79 Å². The average molecular weight is 358 g/mol. The van der Waals surface area contributed by atoms with Crippen molar-refractivity contribution in [3.8, 4) is 0 Å². The maximum absolute atomic E-state index is 12.1. The first kappa shape index (κ1) is 17.2. The topological polar surface area (TPSA) is 46.4 Å². The van der Waals surface area contributed by atoms with Gasteiger partial charge in [-0.1, -0.05) is 12.1 Å². The minimum Gasteiger partial charge on any atom is -0.342 e. The normalized spacial score (nSPS) is 21.8. The number of amides is 1. The van der Waals surface area contributed by atoms with Gasteiger partial charge in [0.2, 0.25) is 0 Å². The number of aromatic nitrogens is 1. The number of carbonyl (C=O) groups is 1. The number of nitrogens with one attached hydrogen (secondary N) is 2. The summed E-state index contributed by atoms with van der Waals surface area (Å²) in [5.41, 5.74) is 1.01. The van der Waals surface area contributed by atoms with Gasteiger partial charge in [0.1, 0.15) is 6.54 Å². The largest absolute Gasteiger partial charge is 0.405 e. The summed E-state index contributed by atoms with van der Waals surface area (Å²) < 4.78 is 37.5. The summed E-state index contributed by atoms with van der Waals surface area (Å²) in [5.74, 6) is -0.162. The molecule has 1 saturated heterocycles. The van der Waals surface area contributed by atoms with Gasteiger partial charge in [-0.05, 0) is 12.1 Å². The van der Waals surface area contributed by atoms with Crippen molar-refractivity contribution < 1.29 is 22.9 Å². The molecule has 2 N–H and O–H groups in total. The molecule has 1 aliphatic heterocycles. The van der Waals surface area contributed by atoms with Crippen molar-refractivity contribution in [3.63, 3.8) is 0 Å². The van der Waals surface area contributed by atoms with E-state index in [2.05, 4.69) is 11.1 Å². The summed E-state index contributed by atoms with van der Waals surface area (Å²) >= 11 is 1.71. The lowest BCUT2D eigenvalue weighted by Crippen LogP contribution is -3.14. The molecule has 1 aromatic heterocycles. The third-order valence-corrected chi connectivity index (χ3v) is 5.45. The van der Waals surface area contributed by atoms with Gasteiger partial charge in [0.05, 0.1) is 28.3 Å². The number of quaternary nitrogens is 1. The predicted molar refractivity (Wildman–Crippen MR) is 86.2 cm³/mol. The average Bonchev–Trinajstić information content (AvgIpc) is 2.97. The van der Waals surface area contributed by atoms with Gasteiger partial charge in [0.25, 0.3) is 5.91 Å². The molecule has 130 valence electrons. The molecule has 2 aromatic rings. The number of halogens is 3. The molecule has 1 aromatic carbocycles. The van der Waals surface area contributed by atoms with Gasteiger partial charge in [-0.2, -0.15) is 13.2 Å². The Morgan fingerprint density at radius 2 is 2.00 bits per heavy atom. The number of carbonyl (C=O) groups excluding carboxylic acids is 1. The van der Waals surface area contributed by atoms with Gasteiger partial charge in [0.15, 0.2) is 6.54 Å². The van der Waals surface area contributed by atoms with E-state index < -0.39 is 18.6 Å². The second-order valence-electron chi connectivity index (χ2n) is 6.11. The number of para-hydroxylation sites is 1. The standard InChI is InChI=1S/C16H18F3N3OS/c17-16(18,19)10-20-14(23)9-22-7-5-11(6-8-22)15-21-12-3-1-2-4-13(12)24-15/h1-4,11H,5-10H2,(H,20,23)/p+1. The van der Waals surface area contributed by atoms with Gasteiger partial charge in [0, 0.05) is 18.8 Å². The van der Waals surface area contributed by atoms with Gasteiger partial charge >= 0.3 is 6.18 Å². The van der Waals surface area contributed by atoms with Crippen LogP contribution in [0.1, 0.15) is 23.8 Å². The summed E-state index contributed by atoms with van der Waals surface area (Å²) in [5, 5.41) is 3.06. The number of hydrogen-bond acceptors (Lipinski definition) is 3. The smallest absolute Gasteiger partial charge is 0.342 e. The Balaban J connectivity index is 1.49. The molecule has 4 nitrogen and oxygen atoms in total. The highest BCUT2D eigenvalue weighted by atomic mass is 32.1. The Bertz CT molecular complexity index is 675. The molecule has 0 unspecified atom stereocenters. The first-order valence-corrected chi connectivity index (χ1v) is 8.75. The third kappa shape index (κ3) is 4.45. The molecular weight excluding hydrogens is 339 g/mol. The number of benzene rings is 1. The van der Waals surface area contributed by atoms with Gasteiger partial charge in [-0.25, -0.2) is 4.98 Å². The number of alkyl halides is 3. The summed E-state index contributed by atoms with van der Waals surface area (Å²) in [7, 11) is 0. The Morgan fingerprint density at radius 1 is 1.29 bits per heavy atom. The molecule has 0 spiro atoms. The quantitative estimate of drug-likeness (QED) is 0.875. The molecule has 0 aliphatic carbocycles. The van der Waals surface area contributed by atoms with Crippen LogP contribution in [-0.2, 0) is 4.79 Å². The Morgan fingerprint density at radius 3 is 2.67 bits per heavy atom. The van der Waals surface area contributed by atoms with Crippen molar-refractivity contribution in [2.24, 2.45) is 0 Å². The second kappa shape index (κ2) is 7.06. The van der Waals surface area contributed by atoms with Crippen LogP contribution in [-0.4, -0.2) is 43.2 Å². The van der Waals surface area contributed by atoms with Crippen LogP contribution in [0.2, 0.25) is 0 Å². The van der Waals surface area contributed by atoms with Crippen LogP contribution in [0.4, 0.5) is 13.2 Å². The first-order valence-electron chi connectivity index (χ1n) is 7.93. The van der Waals surface area contributed by atoms with E-state index >= 15 is 0 Å². The SMILES string of the molecule is O=C(C[NH+]1CCC(c2nc3ccccc3s2)CC1)NCC(F)(F)F. The Kier molecular flexibility index (Phi) is 5.05. The van der Waals surface area contributed by atoms with Crippen LogP contribution in [0.25, 0.3) is 10.2 Å². The Labute approximate surface area is 141 Å². The van der Waals surface area contributed by atoms with Crippen molar-refractivity contribution in [2.75, 3.05) is 26.2 Å². The predicted octanol–water partition coefficient (Wildman–Crippen LogP) is 1.74. The highest BCUT2D eigenvalue weighted by Crippen LogP contribution is 2.31. The minimum absolute atomic E-state index is 0.0998. The molecule has 0 atom stereocenters. The van der Waals surface area contributed by atoms with E-state index in [-0.39, 0.29) is 6.54 Å². The van der Waals surface area contributed by atoms with E-state index in [0.717, 1.165) is 41.4 Å². The number of thiazole rings is 1. The number of fused-ring (bicyclic) bond motifs is 1. The summed E-state index contributed by atoms with van der Waals surface area (Å²) in [6.45, 7) is 0.399. The van der Waals surface area contributed by atoms with Crippen molar-refractivity contribution in [2.45, 2.75) is 24.9 Å². The van der Waals surface area contributed by atoms with Gasteiger partial charge in [-0.15, -0.1) is 11.3 Å². The first-order chi connectivity index (χ1) is 11.4.